The van der Waals surface area contributed by atoms with Crippen molar-refractivity contribution < 1.29 is 28.1 Å². The van der Waals surface area contributed by atoms with Crippen molar-refractivity contribution >= 4 is 23.6 Å². The van der Waals surface area contributed by atoms with Crippen molar-refractivity contribution in [3.8, 4) is 0 Å². The summed E-state index contributed by atoms with van der Waals surface area (Å²) in [6.07, 6.45) is -1.39. The van der Waals surface area contributed by atoms with E-state index in [4.69, 9.17) is 10.2 Å². The van der Waals surface area contributed by atoms with Crippen molar-refractivity contribution in [3.05, 3.63) is 99.0 Å². The van der Waals surface area contributed by atoms with Gasteiger partial charge in [-0.3, -0.25) is 24.5 Å². The van der Waals surface area contributed by atoms with Gasteiger partial charge in [-0.15, -0.1) is 0 Å². The number of benzene rings is 2. The largest absolute Gasteiger partial charge is 0.433 e. The molecule has 2 aromatic carbocycles. The van der Waals surface area contributed by atoms with Gasteiger partial charge in [0.2, 0.25) is 0 Å². The number of nitrogens with two attached hydrogens (primary N) is 1. The van der Waals surface area contributed by atoms with E-state index >= 15 is 0 Å². The predicted octanol–water partition coefficient (Wildman–Crippen LogP) is 2.03. The molecule has 0 saturated carbocycles. The van der Waals surface area contributed by atoms with Gasteiger partial charge in [-0.1, -0.05) is 30.3 Å². The van der Waals surface area contributed by atoms with Crippen molar-refractivity contribution in [1.29, 1.82) is 0 Å². The summed E-state index contributed by atoms with van der Waals surface area (Å²) >= 11 is 0. The minimum Gasteiger partial charge on any atom is -0.395 e. The van der Waals surface area contributed by atoms with Crippen LogP contribution >= 0.6 is 0 Å². The summed E-state index contributed by atoms with van der Waals surface area (Å²) in [7, 11) is 0. The van der Waals surface area contributed by atoms with Crippen molar-refractivity contribution in [2.75, 3.05) is 13.1 Å². The number of nitrogens with one attached hydrogen (secondary N) is 1. The molecule has 3 aromatic rings. The molecule has 0 radical (unpaired) electrons. The molecule has 3 amide bonds. The molecule has 2 heterocycles. The molecule has 3 N–H and O–H groups in total. The van der Waals surface area contributed by atoms with Gasteiger partial charge in [0.05, 0.1) is 6.07 Å². The van der Waals surface area contributed by atoms with Crippen LogP contribution in [0.1, 0.15) is 32.0 Å². The molecule has 12 heteroatoms. The maximum atomic E-state index is 13.7. The van der Waals surface area contributed by atoms with Crippen LogP contribution < -0.4 is 11.1 Å². The summed E-state index contributed by atoms with van der Waals surface area (Å²) in [6.45, 7) is 0.344. The summed E-state index contributed by atoms with van der Waals surface area (Å²) < 4.78 is 18.8. The molecule has 1 aliphatic rings. The first kappa shape index (κ1) is 24.5. The summed E-state index contributed by atoms with van der Waals surface area (Å²) in [5, 5.41) is 13.7. The Morgan fingerprint density at radius 3 is 2.39 bits per heavy atom. The number of furan rings is 1. The van der Waals surface area contributed by atoms with Crippen LogP contribution in [-0.2, 0) is 17.9 Å². The fourth-order valence-corrected chi connectivity index (χ4v) is 3.95. The van der Waals surface area contributed by atoms with E-state index in [9.17, 15) is 28.9 Å². The van der Waals surface area contributed by atoms with Gasteiger partial charge < -0.3 is 25.3 Å². The highest BCUT2D eigenvalue weighted by molar-refractivity contribution is 6.01. The first-order valence-corrected chi connectivity index (χ1v) is 11.0. The Morgan fingerprint density at radius 2 is 1.72 bits per heavy atom. The molecule has 11 nitrogen and oxygen atoms in total. The third-order valence-electron chi connectivity index (χ3n) is 5.68. The zero-order chi connectivity index (χ0) is 25.8. The normalized spacial score (nSPS) is 15.1. The average molecular weight is 495 g/mol. The highest BCUT2D eigenvalue weighted by Gasteiger charge is 2.44. The van der Waals surface area contributed by atoms with E-state index < -0.39 is 40.5 Å². The summed E-state index contributed by atoms with van der Waals surface area (Å²) in [6, 6.07) is 14.4. The molecule has 1 aliphatic heterocycles. The van der Waals surface area contributed by atoms with Crippen LogP contribution in [0.3, 0.4) is 0 Å². The van der Waals surface area contributed by atoms with Crippen LogP contribution in [0.25, 0.3) is 0 Å². The third kappa shape index (κ3) is 5.08. The van der Waals surface area contributed by atoms with Crippen molar-refractivity contribution in [2.24, 2.45) is 5.73 Å². The van der Waals surface area contributed by atoms with E-state index in [-0.39, 0.29) is 31.0 Å². The van der Waals surface area contributed by atoms with Gasteiger partial charge in [-0.05, 0) is 35.4 Å². The average Bonchev–Trinajstić information content (AvgIpc) is 3.55. The summed E-state index contributed by atoms with van der Waals surface area (Å²) in [5.41, 5.74) is 7.29. The second-order valence-corrected chi connectivity index (χ2v) is 8.02. The Morgan fingerprint density at radius 1 is 1.03 bits per heavy atom. The highest BCUT2D eigenvalue weighted by Crippen LogP contribution is 2.24. The zero-order valence-electron chi connectivity index (χ0n) is 18.9. The SMILES string of the molecule is NCc1cccc(CNC(=O)C2N(C(=O)c3cccc(F)c3)CCN2C(=O)c2ccc([N+](=O)[O-])o2)c1. The number of halogens is 1. The number of nitrogens with zero attached hydrogens (tertiary/aromatic N) is 3. The Labute approximate surface area is 204 Å². The van der Waals surface area contributed by atoms with Crippen LogP contribution in [0.2, 0.25) is 0 Å². The number of carbonyl (C=O) groups excluding carboxylic acids is 3. The van der Waals surface area contributed by atoms with E-state index in [1.807, 2.05) is 12.1 Å². The quantitative estimate of drug-likeness (QED) is 0.376. The second kappa shape index (κ2) is 10.4. The van der Waals surface area contributed by atoms with E-state index in [0.29, 0.717) is 6.54 Å². The van der Waals surface area contributed by atoms with E-state index in [0.717, 1.165) is 39.1 Å². The fraction of sp³-hybridized carbons (Fsp3) is 0.208. The number of hydrogen-bond donors (Lipinski definition) is 2. The lowest BCUT2D eigenvalue weighted by Gasteiger charge is -2.28. The van der Waals surface area contributed by atoms with Crippen LogP contribution in [-0.4, -0.2) is 51.7 Å². The van der Waals surface area contributed by atoms with Gasteiger partial charge in [0.25, 0.3) is 17.7 Å². The highest BCUT2D eigenvalue weighted by atomic mass is 19.1. The molecule has 1 saturated heterocycles. The molecule has 0 aliphatic carbocycles. The lowest BCUT2D eigenvalue weighted by molar-refractivity contribution is -0.402. The van der Waals surface area contributed by atoms with Gasteiger partial charge >= 0.3 is 5.88 Å². The van der Waals surface area contributed by atoms with E-state index in [2.05, 4.69) is 5.32 Å². The van der Waals surface area contributed by atoms with Crippen molar-refractivity contribution in [1.82, 2.24) is 15.1 Å². The Bertz CT molecular complexity index is 1330. The number of nitro groups is 1. The van der Waals surface area contributed by atoms with E-state index in [1.165, 1.54) is 18.2 Å². The number of rotatable bonds is 7. The maximum absolute atomic E-state index is 13.7. The lowest BCUT2D eigenvalue weighted by atomic mass is 10.1. The van der Waals surface area contributed by atoms with Gasteiger partial charge in [0, 0.05) is 31.7 Å². The molecular formula is C24H22FN5O6. The first-order chi connectivity index (χ1) is 17.3. The molecule has 186 valence electrons. The minimum absolute atomic E-state index is 0.00591. The number of carbonyl (C=O) groups is 3. The van der Waals surface area contributed by atoms with Crippen LogP contribution in [0.5, 0.6) is 0 Å². The van der Waals surface area contributed by atoms with Gasteiger partial charge in [0.1, 0.15) is 10.7 Å². The standard InChI is InChI=1S/C24H22FN5O6/c25-18-6-2-5-17(12-18)23(32)28-9-10-29(24(33)19-7-8-20(36-19)30(34)35)22(28)21(31)27-14-16-4-1-3-15(11-16)13-26/h1-8,11-12,22H,9-10,13-14,26H2,(H,27,31). The van der Waals surface area contributed by atoms with Gasteiger partial charge in [-0.25, -0.2) is 4.39 Å². The molecule has 1 fully saturated rings. The second-order valence-electron chi connectivity index (χ2n) is 8.02. The molecule has 0 bridgehead atoms. The Hall–Kier alpha value is -4.58. The minimum atomic E-state index is -1.39. The number of hydrogen-bond acceptors (Lipinski definition) is 7. The van der Waals surface area contributed by atoms with Crippen LogP contribution in [0.4, 0.5) is 10.3 Å². The number of amides is 3. The predicted molar refractivity (Wildman–Crippen MR) is 124 cm³/mol. The van der Waals surface area contributed by atoms with Gasteiger partial charge in [0.15, 0.2) is 11.9 Å². The topological polar surface area (TPSA) is 152 Å². The van der Waals surface area contributed by atoms with Crippen molar-refractivity contribution in [2.45, 2.75) is 19.3 Å². The summed E-state index contributed by atoms with van der Waals surface area (Å²) in [4.78, 5) is 52.0. The molecule has 1 unspecified atom stereocenters. The monoisotopic (exact) mass is 495 g/mol. The molecule has 1 aromatic heterocycles. The zero-order valence-corrected chi connectivity index (χ0v) is 18.9. The molecule has 0 spiro atoms. The molecule has 4 rings (SSSR count). The Balaban J connectivity index is 1.61. The smallest absolute Gasteiger partial charge is 0.395 e. The molecular weight excluding hydrogens is 473 g/mol. The van der Waals surface area contributed by atoms with Crippen LogP contribution in [0.15, 0.2) is 65.1 Å². The van der Waals surface area contributed by atoms with Crippen LogP contribution in [0, 0.1) is 15.9 Å². The third-order valence-corrected chi connectivity index (χ3v) is 5.68. The fourth-order valence-electron chi connectivity index (χ4n) is 3.95. The first-order valence-electron chi connectivity index (χ1n) is 11.0. The Kier molecular flexibility index (Phi) is 7.06. The van der Waals surface area contributed by atoms with E-state index in [1.54, 1.807) is 12.1 Å². The maximum Gasteiger partial charge on any atom is 0.433 e. The summed E-state index contributed by atoms with van der Waals surface area (Å²) in [5.74, 6) is -3.73. The molecule has 36 heavy (non-hydrogen) atoms. The molecule has 1 atom stereocenters. The van der Waals surface area contributed by atoms with Gasteiger partial charge in [-0.2, -0.15) is 0 Å². The lowest BCUT2D eigenvalue weighted by Crippen LogP contribution is -2.53. The van der Waals surface area contributed by atoms with Crippen molar-refractivity contribution in [3.63, 3.8) is 0 Å².